The van der Waals surface area contributed by atoms with Crippen molar-refractivity contribution in [2.75, 3.05) is 13.2 Å². The molecule has 0 saturated carbocycles. The highest BCUT2D eigenvalue weighted by molar-refractivity contribution is 5.71. The molecule has 0 aromatic carbocycles. The quantitative estimate of drug-likeness (QED) is 0.0261. The molecule has 0 amide bonds. The van der Waals surface area contributed by atoms with E-state index in [0.29, 0.717) is 19.3 Å². The van der Waals surface area contributed by atoms with E-state index in [2.05, 4.69) is 130 Å². The van der Waals surface area contributed by atoms with Crippen molar-refractivity contribution >= 4 is 17.9 Å². The molecule has 0 aromatic rings. The second-order valence-corrected chi connectivity index (χ2v) is 19.9. The van der Waals surface area contributed by atoms with Crippen molar-refractivity contribution in [3.8, 4) is 0 Å². The molecule has 0 heterocycles. The molecule has 0 radical (unpaired) electrons. The lowest BCUT2D eigenvalue weighted by atomic mass is 10.0. The Labute approximate surface area is 450 Å². The second kappa shape index (κ2) is 60.6. The summed E-state index contributed by atoms with van der Waals surface area (Å²) in [6.45, 7) is 6.33. The lowest BCUT2D eigenvalue weighted by Crippen LogP contribution is -2.30. The van der Waals surface area contributed by atoms with Crippen LogP contribution < -0.4 is 0 Å². The van der Waals surface area contributed by atoms with Gasteiger partial charge in [0.25, 0.3) is 0 Å². The minimum Gasteiger partial charge on any atom is -0.462 e. The van der Waals surface area contributed by atoms with Crippen LogP contribution in [-0.2, 0) is 28.6 Å². The van der Waals surface area contributed by atoms with E-state index in [0.717, 1.165) is 128 Å². The Morgan fingerprint density at radius 3 is 0.836 bits per heavy atom. The summed E-state index contributed by atoms with van der Waals surface area (Å²) >= 11 is 0. The number of carbonyl (C=O) groups is 3. The first-order chi connectivity index (χ1) is 36.0. The number of carbonyl (C=O) groups excluding carboxylic acids is 3. The van der Waals surface area contributed by atoms with E-state index in [1.807, 2.05) is 0 Å². The Balaban J connectivity index is 4.09. The first kappa shape index (κ1) is 69.1. The Kier molecular flexibility index (Phi) is 57.4. The van der Waals surface area contributed by atoms with Crippen molar-refractivity contribution in [3.63, 3.8) is 0 Å². The number of unbranched alkanes of at least 4 members (excludes halogenated alkanes) is 25. The van der Waals surface area contributed by atoms with Crippen molar-refractivity contribution in [2.24, 2.45) is 0 Å². The van der Waals surface area contributed by atoms with Gasteiger partial charge in [-0.1, -0.05) is 265 Å². The summed E-state index contributed by atoms with van der Waals surface area (Å²) in [5.41, 5.74) is 0. The Hall–Kier alpha value is -3.93. The smallest absolute Gasteiger partial charge is 0.306 e. The minimum atomic E-state index is -0.780. The van der Waals surface area contributed by atoms with Gasteiger partial charge >= 0.3 is 17.9 Å². The van der Waals surface area contributed by atoms with Crippen LogP contribution in [0.4, 0.5) is 0 Å². The molecule has 1 unspecified atom stereocenters. The van der Waals surface area contributed by atoms with E-state index in [1.54, 1.807) is 0 Å². The molecule has 0 rings (SSSR count). The van der Waals surface area contributed by atoms with E-state index >= 15 is 0 Å². The fraction of sp³-hybridized carbons (Fsp3) is 0.687. The van der Waals surface area contributed by atoms with Crippen molar-refractivity contribution in [1.82, 2.24) is 0 Å². The summed E-state index contributed by atoms with van der Waals surface area (Å²) in [4.78, 5) is 37.9. The molecule has 0 bridgehead atoms. The average Bonchev–Trinajstić information content (AvgIpc) is 3.39. The van der Waals surface area contributed by atoms with E-state index in [9.17, 15) is 14.4 Å². The van der Waals surface area contributed by atoms with Crippen LogP contribution in [0.2, 0.25) is 0 Å². The van der Waals surface area contributed by atoms with Gasteiger partial charge in [0.05, 0.1) is 0 Å². The van der Waals surface area contributed by atoms with Crippen LogP contribution in [0.1, 0.15) is 278 Å². The van der Waals surface area contributed by atoms with Gasteiger partial charge in [0.2, 0.25) is 0 Å². The maximum atomic E-state index is 12.8. The van der Waals surface area contributed by atoms with Crippen LogP contribution in [0.5, 0.6) is 0 Å². The van der Waals surface area contributed by atoms with Crippen LogP contribution in [0.25, 0.3) is 0 Å². The third kappa shape index (κ3) is 58.8. The van der Waals surface area contributed by atoms with Gasteiger partial charge in [0.1, 0.15) is 13.2 Å². The number of rotatable bonds is 54. The van der Waals surface area contributed by atoms with Gasteiger partial charge in [-0.25, -0.2) is 0 Å². The van der Waals surface area contributed by atoms with E-state index in [-0.39, 0.29) is 31.1 Å². The predicted molar refractivity (Wildman–Crippen MR) is 316 cm³/mol. The summed E-state index contributed by atoms with van der Waals surface area (Å²) < 4.78 is 16.8. The van der Waals surface area contributed by atoms with E-state index in [1.165, 1.54) is 109 Å². The third-order valence-electron chi connectivity index (χ3n) is 12.8. The summed E-state index contributed by atoms with van der Waals surface area (Å²) in [6, 6.07) is 0. The molecule has 0 spiro atoms. The zero-order valence-electron chi connectivity index (χ0n) is 47.6. The summed E-state index contributed by atoms with van der Waals surface area (Å²) in [5.74, 6) is -0.900. The molecule has 0 aromatic heterocycles. The number of ether oxygens (including phenoxy) is 3. The molecule has 6 heteroatoms. The number of hydrogen-bond acceptors (Lipinski definition) is 6. The molecule has 0 aliphatic carbocycles. The molecule has 0 fully saturated rings. The molecule has 0 N–H and O–H groups in total. The number of allylic oxidation sites excluding steroid dienone is 18. The number of esters is 3. The largest absolute Gasteiger partial charge is 0.462 e. The molecule has 0 aliphatic rings. The zero-order chi connectivity index (χ0) is 52.9. The van der Waals surface area contributed by atoms with Crippen LogP contribution in [-0.4, -0.2) is 37.2 Å². The minimum absolute atomic E-state index is 0.0811. The topological polar surface area (TPSA) is 78.9 Å². The van der Waals surface area contributed by atoms with Crippen molar-refractivity contribution in [3.05, 3.63) is 109 Å². The van der Waals surface area contributed by atoms with Crippen molar-refractivity contribution in [1.29, 1.82) is 0 Å². The van der Waals surface area contributed by atoms with Crippen LogP contribution in [0, 0.1) is 0 Å². The molecule has 1 atom stereocenters. The Bertz CT molecular complexity index is 1490. The van der Waals surface area contributed by atoms with E-state index < -0.39 is 6.10 Å². The van der Waals surface area contributed by atoms with Gasteiger partial charge in [-0.15, -0.1) is 0 Å². The van der Waals surface area contributed by atoms with Crippen LogP contribution >= 0.6 is 0 Å². The Morgan fingerprint density at radius 1 is 0.288 bits per heavy atom. The molecule has 0 saturated heterocycles. The third-order valence-corrected chi connectivity index (χ3v) is 12.8. The van der Waals surface area contributed by atoms with Crippen LogP contribution in [0.15, 0.2) is 109 Å². The lowest BCUT2D eigenvalue weighted by Gasteiger charge is -2.18. The maximum Gasteiger partial charge on any atom is 0.306 e. The normalized spacial score (nSPS) is 12.9. The van der Waals surface area contributed by atoms with E-state index in [4.69, 9.17) is 14.2 Å². The maximum absolute atomic E-state index is 12.8. The van der Waals surface area contributed by atoms with Crippen LogP contribution in [0.3, 0.4) is 0 Å². The first-order valence-corrected chi connectivity index (χ1v) is 30.4. The standard InChI is InChI=1S/C67H112O6/c1-4-7-10-13-15-17-19-21-23-25-27-29-31-33-35-37-39-41-43-45-47-49-51-54-57-60-66(69)72-63-64(62-71-65(68)59-56-53-12-9-6-3)73-67(70)61-58-55-52-50-48-46-44-42-40-38-36-34-32-30-28-26-24-22-20-18-16-14-11-8-5-2/h7-8,10-11,15-18,21-24,27-30,33,35,64H,4-6,9,12-14,19-20,25-26,31-32,34,36-63H2,1-3H3/b10-7-,11-8-,17-15-,18-16-,23-21-,24-22-,29-27-,30-28-,35-33-. The van der Waals surface area contributed by atoms with Gasteiger partial charge in [0, 0.05) is 19.3 Å². The average molecular weight is 1010 g/mol. The molecule has 416 valence electrons. The highest BCUT2D eigenvalue weighted by atomic mass is 16.6. The van der Waals surface area contributed by atoms with Gasteiger partial charge in [-0.05, 0) is 103 Å². The van der Waals surface area contributed by atoms with Gasteiger partial charge in [-0.2, -0.15) is 0 Å². The highest BCUT2D eigenvalue weighted by Crippen LogP contribution is 2.16. The summed E-state index contributed by atoms with van der Waals surface area (Å²) in [6.07, 6.45) is 82.7. The predicted octanol–water partition coefficient (Wildman–Crippen LogP) is 20.7. The molecule has 6 nitrogen and oxygen atoms in total. The van der Waals surface area contributed by atoms with Crippen molar-refractivity contribution < 1.29 is 28.6 Å². The van der Waals surface area contributed by atoms with Crippen molar-refractivity contribution in [2.45, 2.75) is 284 Å². The second-order valence-electron chi connectivity index (χ2n) is 19.9. The molecule has 0 aliphatic heterocycles. The molecular formula is C67H112O6. The highest BCUT2D eigenvalue weighted by Gasteiger charge is 2.19. The summed E-state index contributed by atoms with van der Waals surface area (Å²) in [5, 5.41) is 0. The number of hydrogen-bond donors (Lipinski definition) is 0. The molecular weight excluding hydrogens is 901 g/mol. The fourth-order valence-electron chi connectivity index (χ4n) is 8.28. The van der Waals surface area contributed by atoms with Gasteiger partial charge in [-0.3, -0.25) is 14.4 Å². The zero-order valence-corrected chi connectivity index (χ0v) is 47.6. The monoisotopic (exact) mass is 1010 g/mol. The Morgan fingerprint density at radius 2 is 0.534 bits per heavy atom. The SMILES string of the molecule is CC/C=C\C/C=C\C/C=C\C/C=C\C/C=C\CCCCCCCCCCCC(=O)OCC(COC(=O)CCCCCCC)OC(=O)CCCCCCCCCCCCCC/C=C\C/C=C\C/C=C\C/C=C\CC. The van der Waals surface area contributed by atoms with Gasteiger partial charge < -0.3 is 14.2 Å². The summed E-state index contributed by atoms with van der Waals surface area (Å²) in [7, 11) is 0. The fourth-order valence-corrected chi connectivity index (χ4v) is 8.28. The van der Waals surface area contributed by atoms with Gasteiger partial charge in [0.15, 0.2) is 6.10 Å². The first-order valence-electron chi connectivity index (χ1n) is 30.4. The lowest BCUT2D eigenvalue weighted by molar-refractivity contribution is -0.167. The molecule has 73 heavy (non-hydrogen) atoms.